The van der Waals surface area contributed by atoms with Gasteiger partial charge in [-0.15, -0.1) is 36.4 Å². The first kappa shape index (κ1) is 90.0. The summed E-state index contributed by atoms with van der Waals surface area (Å²) in [6.07, 6.45) is 10.8. The van der Waals surface area contributed by atoms with Gasteiger partial charge in [-0.3, -0.25) is 59.9 Å². The first-order valence-corrected chi connectivity index (χ1v) is 34.1. The van der Waals surface area contributed by atoms with Gasteiger partial charge >= 0.3 is 5.97 Å². The van der Waals surface area contributed by atoms with Crippen LogP contribution in [0.3, 0.4) is 0 Å². The monoisotopic (exact) mass is 2230 g/mol. The minimum atomic E-state index is -4.19. The number of pyridine rings is 7. The van der Waals surface area contributed by atoms with E-state index in [0.717, 1.165) is 53.2 Å². The van der Waals surface area contributed by atoms with Crippen LogP contribution in [-0.4, -0.2) is 113 Å². The molecule has 33 heteroatoms. The number of aromatic carboxylic acids is 1. The zero-order chi connectivity index (χ0) is 74.6. The van der Waals surface area contributed by atoms with E-state index in [1.807, 2.05) is 62.3 Å². The van der Waals surface area contributed by atoms with Gasteiger partial charge in [0.25, 0.3) is 30.4 Å². The molecule has 0 bridgehead atoms. The fraction of sp³-hybridized carbons (Fsp3) is 0.0541. The molecule has 0 aliphatic heterocycles. The van der Waals surface area contributed by atoms with Crippen LogP contribution in [-0.2, 0) is 111 Å². The molecule has 107 heavy (non-hydrogen) atoms. The molecule has 0 saturated heterocycles. The number of para-hydroxylation sites is 4. The molecule has 14 rings (SSSR count). The summed E-state index contributed by atoms with van der Waals surface area (Å²) in [5.41, 5.74) is 5.31. The summed E-state index contributed by atoms with van der Waals surface area (Å²) in [4.78, 5) is 41.9. The van der Waals surface area contributed by atoms with Crippen molar-refractivity contribution in [3.63, 3.8) is 0 Å². The van der Waals surface area contributed by atoms with Crippen molar-refractivity contribution in [1.82, 2.24) is 34.9 Å². The smallest absolute Gasteiger partial charge is 0.337 e. The number of rotatable bonds is 9. The van der Waals surface area contributed by atoms with E-state index in [0.29, 0.717) is 38.8 Å². The van der Waals surface area contributed by atoms with Gasteiger partial charge in [-0.2, -0.15) is 25.3 Å². The van der Waals surface area contributed by atoms with Gasteiger partial charge in [-0.05, 0) is 83.8 Å². The summed E-state index contributed by atoms with van der Waals surface area (Å²) in [6, 6.07) is 58.5. The van der Waals surface area contributed by atoms with Crippen molar-refractivity contribution in [2.45, 2.75) is 14.7 Å². The molecule has 0 amide bonds. The van der Waals surface area contributed by atoms with Crippen LogP contribution >= 0.6 is 0 Å². The van der Waals surface area contributed by atoms with Crippen molar-refractivity contribution in [2.75, 3.05) is 38.0 Å². The molecule has 0 fully saturated rings. The third kappa shape index (κ3) is 25.6. The number of hydrogen-bond acceptors (Lipinski definition) is 16. The van der Waals surface area contributed by atoms with Crippen molar-refractivity contribution >= 4 is 91.3 Å². The maximum Gasteiger partial charge on any atom is 0.337 e. The number of anilines is 2. The second-order valence-corrected chi connectivity index (χ2v) is 25.7. The maximum atomic E-state index is 13.5. The maximum absolute atomic E-state index is 13.5. The van der Waals surface area contributed by atoms with Crippen LogP contribution in [0.25, 0.3) is 77.4 Å². The summed E-state index contributed by atoms with van der Waals surface area (Å²) >= 11 is 0. The van der Waals surface area contributed by atoms with E-state index in [9.17, 15) is 56.4 Å². The Kier molecular flexibility index (Phi) is 35.0. The molecule has 7 aromatic heterocycles. The minimum absolute atomic E-state index is 0. The number of halogens is 6. The summed E-state index contributed by atoms with van der Waals surface area (Å²) in [7, 11) is -5.06. The van der Waals surface area contributed by atoms with E-state index in [4.69, 9.17) is 18.8 Å². The van der Waals surface area contributed by atoms with E-state index in [1.165, 1.54) is 36.8 Å². The van der Waals surface area contributed by atoms with Crippen molar-refractivity contribution < 1.29 is 156 Å². The largest absolute Gasteiger partial charge is 0.478 e. The molecule has 7 aromatic carbocycles. The van der Waals surface area contributed by atoms with Gasteiger partial charge in [0.05, 0.1) is 27.6 Å². The van der Waals surface area contributed by atoms with Gasteiger partial charge in [0.15, 0.2) is 0 Å². The third-order valence-electron chi connectivity index (χ3n) is 14.0. The molecule has 0 aliphatic rings. The Morgan fingerprint density at radius 1 is 0.346 bits per heavy atom. The van der Waals surface area contributed by atoms with Crippen LogP contribution < -0.4 is 9.80 Å². The summed E-state index contributed by atoms with van der Waals surface area (Å²) in [5, 5.41) is 11.7. The Balaban J connectivity index is 0.000000263. The molecule has 20 nitrogen and oxygen atoms in total. The first-order chi connectivity index (χ1) is 49.0. The number of carboxylic acids is 1. The topological polar surface area (TPSA) is 297 Å². The zero-order valence-corrected chi connectivity index (χ0v) is 67.6. The molecule has 0 spiro atoms. The molecule has 14 aromatic rings. The van der Waals surface area contributed by atoms with Crippen LogP contribution in [0.2, 0.25) is 0 Å². The molecule has 0 saturated carbocycles. The van der Waals surface area contributed by atoms with Crippen molar-refractivity contribution in [1.29, 1.82) is 0 Å². The quantitative estimate of drug-likeness (QED) is 0.0593. The molecule has 0 atom stereocenters. The van der Waals surface area contributed by atoms with Crippen LogP contribution in [0.4, 0.5) is 37.7 Å². The van der Waals surface area contributed by atoms with E-state index in [2.05, 4.69) is 53.1 Å². The fourth-order valence-corrected chi connectivity index (χ4v) is 11.2. The second kappa shape index (κ2) is 41.7. The fourth-order valence-electron chi connectivity index (χ4n) is 9.23. The van der Waals surface area contributed by atoms with Crippen LogP contribution in [0, 0.1) is 53.1 Å². The predicted octanol–water partition coefficient (Wildman–Crippen LogP) is 15.0. The molecular formula is C74H56F6Ir4N9O11S3-3. The standard InChI is InChI=1S/2C13H11F2N2.C11H6F2N.C10H7NO2.3C9H7NO3S.4Ir/c2*1-17(2)10-5-6-16-13(8-10)11-4-3-9(14)7-12(11)15;12-8-4-5-9(10(13)7-8)11-3-1-2-6-14-11;12-10(13)8-5-1-3-7-4-2-6-11-9(7)8;3*11-14(12,13)8-5-1-3-7-4-2-6-10-9(7)8;;;;/h2*3,5-8H,1-2H3;1-4,6-7H;1-6H,(H,12,13);3*1-6H,(H,11,12,13);;;;/q3*-1;;;;;;;;. The Bertz CT molecular complexity index is 5340. The van der Waals surface area contributed by atoms with Crippen LogP contribution in [0.1, 0.15) is 10.4 Å². The number of carbonyl (C=O) groups is 1. The molecule has 4 radical (unpaired) electrons. The minimum Gasteiger partial charge on any atom is -0.478 e. The number of benzene rings is 7. The summed E-state index contributed by atoms with van der Waals surface area (Å²) < 4.78 is 171. The third-order valence-corrected chi connectivity index (χ3v) is 16.7. The number of carboxylic acid groups (broad SMARTS) is 1. The Hall–Kier alpha value is -9.39. The number of aromatic nitrogens is 7. The van der Waals surface area contributed by atoms with Gasteiger partial charge in [0.1, 0.15) is 14.7 Å². The number of nitrogens with zero attached hydrogens (tertiary/aromatic N) is 9. The molecule has 4 N–H and O–H groups in total. The van der Waals surface area contributed by atoms with Gasteiger partial charge in [-0.25, -0.2) is 4.79 Å². The van der Waals surface area contributed by atoms with Gasteiger partial charge in [0.2, 0.25) is 0 Å². The van der Waals surface area contributed by atoms with Crippen molar-refractivity contribution in [3.8, 4) is 33.8 Å². The summed E-state index contributed by atoms with van der Waals surface area (Å²) in [6.45, 7) is 0. The predicted molar refractivity (Wildman–Crippen MR) is 377 cm³/mol. The molecule has 0 unspecified atom stereocenters. The van der Waals surface area contributed by atoms with Crippen molar-refractivity contribution in [3.05, 3.63) is 302 Å². The molecule has 0 aliphatic carbocycles. The first-order valence-electron chi connectivity index (χ1n) is 29.8. The Morgan fingerprint density at radius 2 is 0.636 bits per heavy atom. The Morgan fingerprint density at radius 3 is 0.935 bits per heavy atom. The van der Waals surface area contributed by atoms with Gasteiger partial charge in [-0.1, -0.05) is 132 Å². The number of hydrogen-bond donors (Lipinski definition) is 4. The molecule has 7 heterocycles. The average Bonchev–Trinajstić information content (AvgIpc) is 0.804. The second-order valence-electron chi connectivity index (χ2n) is 21.5. The average molecular weight is 2230 g/mol. The molecule has 562 valence electrons. The van der Waals surface area contributed by atoms with Crippen molar-refractivity contribution in [2.24, 2.45) is 0 Å². The van der Waals surface area contributed by atoms with Gasteiger partial charge < -0.3 is 29.9 Å². The van der Waals surface area contributed by atoms with Crippen LogP contribution in [0.5, 0.6) is 0 Å². The Labute approximate surface area is 664 Å². The van der Waals surface area contributed by atoms with Crippen LogP contribution in [0.15, 0.2) is 258 Å². The SMILES string of the molecule is CN(C)c1ccnc(-c2[c-]cc(F)cc2F)c1.CN(C)c1ccnc(-c2[c-]cc(F)cc2F)c1.Fc1c[c-]c(-c2ccccn2)c(F)c1.O=C(O)c1cccc2cccnc12.O=S(=O)(O)c1cccc2cccnc12.O=S(=O)(O)c1cccc2cccnc12.O=S(=O)(O)c1cccc2cccnc12.[Ir].[Ir].[Ir].[Ir]. The van der Waals surface area contributed by atoms with E-state index >= 15 is 0 Å². The zero-order valence-electron chi connectivity index (χ0n) is 55.6. The van der Waals surface area contributed by atoms with E-state index in [1.54, 1.807) is 146 Å². The summed E-state index contributed by atoms with van der Waals surface area (Å²) in [5.74, 6) is -4.83. The molecular weight excluding hydrogens is 2170 g/mol. The van der Waals surface area contributed by atoms with E-state index in [-0.39, 0.29) is 134 Å². The van der Waals surface area contributed by atoms with E-state index < -0.39 is 71.2 Å². The van der Waals surface area contributed by atoms with Gasteiger partial charge in [0, 0.05) is 220 Å². The number of fused-ring (bicyclic) bond motifs is 4. The normalized spacial score (nSPS) is 10.5.